The highest BCUT2D eigenvalue weighted by molar-refractivity contribution is 8.13. The number of rotatable bonds is 7. The number of carbonyl (C=O) groups is 2. The SMILES string of the molecule is C=C(Cc1cccc(OC)c1)NC(=NCCC)SC.C=O.C=O.CC.CC.COc1ccc(C)cc1. The Labute approximate surface area is 224 Å². The fraction of sp³-hybridized carbons (Fsp3) is 0.414. The van der Waals surface area contributed by atoms with Crippen LogP contribution in [-0.2, 0) is 16.0 Å². The molecule has 0 fully saturated rings. The van der Waals surface area contributed by atoms with Gasteiger partial charge in [0.25, 0.3) is 0 Å². The van der Waals surface area contributed by atoms with Crippen LogP contribution in [0.1, 0.15) is 52.2 Å². The zero-order valence-corrected chi connectivity index (χ0v) is 24.7. The minimum Gasteiger partial charge on any atom is -0.497 e. The highest BCUT2D eigenvalue weighted by atomic mass is 32.2. The molecule has 0 heterocycles. The van der Waals surface area contributed by atoms with Crippen LogP contribution in [-0.4, -0.2) is 45.8 Å². The second-order valence-corrected chi connectivity index (χ2v) is 6.96. The topological polar surface area (TPSA) is 77.0 Å². The maximum Gasteiger partial charge on any atom is 0.160 e. The predicted molar refractivity (Wildman–Crippen MR) is 160 cm³/mol. The first kappa shape index (κ1) is 40.1. The lowest BCUT2D eigenvalue weighted by Gasteiger charge is -2.11. The van der Waals surface area contributed by atoms with Crippen molar-refractivity contribution in [2.24, 2.45) is 4.99 Å². The maximum atomic E-state index is 8.00. The molecule has 0 amide bonds. The van der Waals surface area contributed by atoms with Gasteiger partial charge in [-0.05, 0) is 49.4 Å². The van der Waals surface area contributed by atoms with Crippen LogP contribution >= 0.6 is 11.8 Å². The molecule has 0 unspecified atom stereocenters. The van der Waals surface area contributed by atoms with E-state index in [1.165, 1.54) is 11.1 Å². The maximum absolute atomic E-state index is 8.00. The fourth-order valence-corrected chi connectivity index (χ4v) is 2.73. The van der Waals surface area contributed by atoms with Crippen LogP contribution in [0.4, 0.5) is 0 Å². The third-order valence-corrected chi connectivity index (χ3v) is 4.38. The Bertz CT molecular complexity index is 779. The summed E-state index contributed by atoms with van der Waals surface area (Å²) in [4.78, 5) is 20.5. The summed E-state index contributed by atoms with van der Waals surface area (Å²) in [6, 6.07) is 16.0. The Kier molecular flexibility index (Phi) is 35.6. The average Bonchev–Trinajstić information content (AvgIpc) is 2.96. The number of methoxy groups -OCH3 is 2. The number of aryl methyl sites for hydroxylation is 1. The lowest BCUT2D eigenvalue weighted by Crippen LogP contribution is -2.20. The molecule has 36 heavy (non-hydrogen) atoms. The van der Waals surface area contributed by atoms with Crippen LogP contribution in [0.3, 0.4) is 0 Å². The molecule has 0 aliphatic rings. The molecular weight excluding hydrogens is 472 g/mol. The van der Waals surface area contributed by atoms with Gasteiger partial charge in [-0.15, -0.1) is 0 Å². The number of hydrogen-bond acceptors (Lipinski definition) is 6. The van der Waals surface area contributed by atoms with E-state index < -0.39 is 0 Å². The van der Waals surface area contributed by atoms with Crippen molar-refractivity contribution in [2.75, 3.05) is 27.0 Å². The van der Waals surface area contributed by atoms with E-state index in [-0.39, 0.29) is 0 Å². The third-order valence-electron chi connectivity index (χ3n) is 3.76. The van der Waals surface area contributed by atoms with Crippen LogP contribution < -0.4 is 14.8 Å². The van der Waals surface area contributed by atoms with Crippen molar-refractivity contribution in [2.45, 2.75) is 54.4 Å². The first-order valence-corrected chi connectivity index (χ1v) is 13.1. The Morgan fingerprint density at radius 2 is 1.44 bits per heavy atom. The summed E-state index contributed by atoms with van der Waals surface area (Å²) in [5.74, 6) is 1.79. The number of ether oxygens (including phenoxy) is 2. The number of benzene rings is 2. The summed E-state index contributed by atoms with van der Waals surface area (Å²) in [5, 5.41) is 4.19. The van der Waals surface area contributed by atoms with Crippen LogP contribution in [0.5, 0.6) is 11.5 Å². The third kappa shape index (κ3) is 22.7. The summed E-state index contributed by atoms with van der Waals surface area (Å²) < 4.78 is 10.2. The van der Waals surface area contributed by atoms with E-state index in [1.807, 2.05) is 90.0 Å². The van der Waals surface area contributed by atoms with Crippen molar-refractivity contribution in [1.82, 2.24) is 5.32 Å². The second kappa shape index (κ2) is 31.9. The van der Waals surface area contributed by atoms with Gasteiger partial charge in [-0.3, -0.25) is 4.99 Å². The first-order valence-electron chi connectivity index (χ1n) is 11.9. The number of thioether (sulfide) groups is 1. The molecule has 2 aromatic carbocycles. The predicted octanol–water partition coefficient (Wildman–Crippen LogP) is 7.16. The first-order chi connectivity index (χ1) is 17.5. The summed E-state index contributed by atoms with van der Waals surface area (Å²) in [6.07, 6.45) is 3.83. The molecule has 7 heteroatoms. The molecule has 0 radical (unpaired) electrons. The molecule has 0 saturated carbocycles. The zero-order valence-electron chi connectivity index (χ0n) is 23.8. The number of hydrogen-bond donors (Lipinski definition) is 1. The standard InChI is InChI=1S/C15H22N2OS.C8H10O.2C2H6.2CH2O/c1-5-9-16-15(19-4)17-12(2)10-13-7-6-8-14(11-13)18-3;1-7-3-5-8(9-2)6-4-7;4*1-2/h6-8,11H,2,5,9-10H2,1,3-4H3,(H,16,17);3-6H,1-2H3;2*1-2H3;2*1H2. The van der Waals surface area contributed by atoms with Crippen molar-refractivity contribution in [3.63, 3.8) is 0 Å². The molecule has 0 aromatic heterocycles. The minimum absolute atomic E-state index is 0.767. The van der Waals surface area contributed by atoms with Gasteiger partial charge >= 0.3 is 0 Å². The van der Waals surface area contributed by atoms with Crippen molar-refractivity contribution in [3.8, 4) is 11.5 Å². The number of carbonyl (C=O) groups excluding carboxylic acids is 2. The van der Waals surface area contributed by atoms with E-state index in [4.69, 9.17) is 19.1 Å². The van der Waals surface area contributed by atoms with Gasteiger partial charge in [0.05, 0.1) is 14.2 Å². The van der Waals surface area contributed by atoms with E-state index in [9.17, 15) is 0 Å². The summed E-state index contributed by atoms with van der Waals surface area (Å²) in [7, 11) is 3.35. The van der Waals surface area contributed by atoms with E-state index in [1.54, 1.807) is 26.0 Å². The summed E-state index contributed by atoms with van der Waals surface area (Å²) >= 11 is 1.61. The van der Waals surface area contributed by atoms with Crippen molar-refractivity contribution in [3.05, 3.63) is 71.9 Å². The molecule has 204 valence electrons. The number of amidine groups is 1. The monoisotopic (exact) mass is 520 g/mol. The molecule has 0 aliphatic heterocycles. The van der Waals surface area contributed by atoms with Crippen LogP contribution in [0.15, 0.2) is 65.8 Å². The minimum atomic E-state index is 0.767. The summed E-state index contributed by atoms with van der Waals surface area (Å²) in [6.45, 7) is 21.1. The Morgan fingerprint density at radius 3 is 1.89 bits per heavy atom. The van der Waals surface area contributed by atoms with Gasteiger partial charge < -0.3 is 24.4 Å². The van der Waals surface area contributed by atoms with E-state index in [2.05, 4.69) is 36.8 Å². The van der Waals surface area contributed by atoms with E-state index in [0.717, 1.165) is 41.8 Å². The van der Waals surface area contributed by atoms with Crippen LogP contribution in [0.25, 0.3) is 0 Å². The number of nitrogens with one attached hydrogen (secondary N) is 1. The summed E-state index contributed by atoms with van der Waals surface area (Å²) in [5.41, 5.74) is 3.38. The van der Waals surface area contributed by atoms with Crippen LogP contribution in [0.2, 0.25) is 0 Å². The van der Waals surface area contributed by atoms with Crippen molar-refractivity contribution < 1.29 is 19.1 Å². The highest BCUT2D eigenvalue weighted by Crippen LogP contribution is 2.15. The molecule has 0 atom stereocenters. The van der Waals surface area contributed by atoms with Crippen molar-refractivity contribution >= 4 is 30.5 Å². The van der Waals surface area contributed by atoms with Crippen molar-refractivity contribution in [1.29, 1.82) is 0 Å². The van der Waals surface area contributed by atoms with Gasteiger partial charge in [-0.25, -0.2) is 0 Å². The molecule has 0 spiro atoms. The normalized spacial score (nSPS) is 8.75. The molecule has 0 saturated heterocycles. The number of nitrogens with zero attached hydrogens (tertiary/aromatic N) is 1. The zero-order chi connectivity index (χ0) is 28.8. The largest absolute Gasteiger partial charge is 0.497 e. The van der Waals surface area contributed by atoms with Gasteiger partial charge in [0.15, 0.2) is 5.17 Å². The molecule has 0 bridgehead atoms. The molecule has 2 aromatic rings. The Morgan fingerprint density at radius 1 is 0.917 bits per heavy atom. The molecule has 6 nitrogen and oxygen atoms in total. The molecule has 0 aliphatic carbocycles. The Balaban J connectivity index is -0.000000251. The van der Waals surface area contributed by atoms with E-state index in [0.29, 0.717) is 0 Å². The lowest BCUT2D eigenvalue weighted by atomic mass is 10.1. The Hall–Kier alpha value is -3.06. The van der Waals surface area contributed by atoms with Gasteiger partial charge in [0.1, 0.15) is 25.1 Å². The fourth-order valence-electron chi connectivity index (χ4n) is 2.27. The molecular formula is C29H48N2O4S. The molecule has 2 rings (SSSR count). The van der Waals surface area contributed by atoms with E-state index >= 15 is 0 Å². The lowest BCUT2D eigenvalue weighted by molar-refractivity contribution is -0.0987. The molecule has 1 N–H and O–H groups in total. The van der Waals surface area contributed by atoms with Gasteiger partial charge in [-0.2, -0.15) is 0 Å². The second-order valence-electron chi connectivity index (χ2n) is 6.17. The highest BCUT2D eigenvalue weighted by Gasteiger charge is 2.02. The van der Waals surface area contributed by atoms with Gasteiger partial charge in [0, 0.05) is 18.7 Å². The van der Waals surface area contributed by atoms with Gasteiger partial charge in [0.2, 0.25) is 0 Å². The smallest absolute Gasteiger partial charge is 0.160 e. The number of aliphatic imine (C=N–C) groups is 1. The number of allylic oxidation sites excluding steroid dienone is 1. The van der Waals surface area contributed by atoms with Crippen LogP contribution in [0, 0.1) is 6.92 Å². The van der Waals surface area contributed by atoms with Gasteiger partial charge in [-0.1, -0.05) is 82.8 Å². The quantitative estimate of drug-likeness (QED) is 0.308. The average molecular weight is 521 g/mol.